The van der Waals surface area contributed by atoms with Gasteiger partial charge in [0.15, 0.2) is 0 Å². The van der Waals surface area contributed by atoms with E-state index >= 15 is 0 Å². The first-order valence-corrected chi connectivity index (χ1v) is 8.37. The number of halogens is 2. The number of hydrogen-bond donors (Lipinski definition) is 1. The van der Waals surface area contributed by atoms with E-state index in [0.29, 0.717) is 0 Å². The number of aryl methyl sites for hydroxylation is 3. The van der Waals surface area contributed by atoms with E-state index in [-0.39, 0.29) is 6.04 Å². The molecule has 1 atom stereocenters. The Morgan fingerprint density at radius 1 is 1.10 bits per heavy atom. The minimum absolute atomic E-state index is 0.121. The molecule has 21 heavy (non-hydrogen) atoms. The van der Waals surface area contributed by atoms with E-state index in [2.05, 4.69) is 67.1 Å². The predicted octanol–water partition coefficient (Wildman–Crippen LogP) is 5.73. The second-order valence-electron chi connectivity index (χ2n) is 5.47. The van der Waals surface area contributed by atoms with Crippen LogP contribution in [-0.4, -0.2) is 6.54 Å². The third-order valence-corrected chi connectivity index (χ3v) is 4.53. The average Bonchev–Trinajstić information content (AvgIpc) is 2.37. The summed E-state index contributed by atoms with van der Waals surface area (Å²) in [6.45, 7) is 9.50. The molecule has 112 valence electrons. The minimum atomic E-state index is 0.121. The molecular weight excluding hydrogens is 346 g/mol. The van der Waals surface area contributed by atoms with Gasteiger partial charge in [-0.05, 0) is 61.7 Å². The molecule has 2 aromatic carbocycles. The van der Waals surface area contributed by atoms with Crippen LogP contribution in [0.4, 0.5) is 0 Å². The van der Waals surface area contributed by atoms with Gasteiger partial charge < -0.3 is 5.32 Å². The lowest BCUT2D eigenvalue weighted by Gasteiger charge is -2.24. The topological polar surface area (TPSA) is 12.0 Å². The first-order valence-electron chi connectivity index (χ1n) is 7.20. The number of hydrogen-bond acceptors (Lipinski definition) is 1. The van der Waals surface area contributed by atoms with Gasteiger partial charge in [-0.2, -0.15) is 0 Å². The summed E-state index contributed by atoms with van der Waals surface area (Å²) in [4.78, 5) is 0. The van der Waals surface area contributed by atoms with Crippen molar-refractivity contribution in [3.05, 3.63) is 67.6 Å². The highest BCUT2D eigenvalue weighted by atomic mass is 79.9. The van der Waals surface area contributed by atoms with E-state index in [1.807, 2.05) is 12.1 Å². The number of nitrogens with one attached hydrogen (secondary N) is 1. The van der Waals surface area contributed by atoms with Crippen molar-refractivity contribution in [1.82, 2.24) is 5.32 Å². The Balaban J connectivity index is 2.59. The molecule has 0 aromatic heterocycles. The number of rotatable bonds is 4. The van der Waals surface area contributed by atoms with Gasteiger partial charge in [-0.25, -0.2) is 0 Å². The van der Waals surface area contributed by atoms with Crippen LogP contribution in [0.5, 0.6) is 0 Å². The summed E-state index contributed by atoms with van der Waals surface area (Å²) in [5, 5.41) is 4.36. The van der Waals surface area contributed by atoms with Gasteiger partial charge in [-0.1, -0.05) is 58.2 Å². The monoisotopic (exact) mass is 365 g/mol. The SMILES string of the molecule is CCNC(c1ccc(Br)cc1Cl)c1c(C)cc(C)cc1C. The molecule has 0 amide bonds. The summed E-state index contributed by atoms with van der Waals surface area (Å²) in [6, 6.07) is 10.7. The van der Waals surface area contributed by atoms with Crippen LogP contribution in [0.25, 0.3) is 0 Å². The van der Waals surface area contributed by atoms with Crippen molar-refractivity contribution in [2.75, 3.05) is 6.54 Å². The summed E-state index contributed by atoms with van der Waals surface area (Å²) in [6.07, 6.45) is 0. The standard InChI is InChI=1S/C18H21BrClN/c1-5-21-18(15-7-6-14(19)10-16(15)20)17-12(3)8-11(2)9-13(17)4/h6-10,18,21H,5H2,1-4H3. The molecule has 3 heteroatoms. The van der Waals surface area contributed by atoms with Crippen molar-refractivity contribution in [3.63, 3.8) is 0 Å². The molecular formula is C18H21BrClN. The van der Waals surface area contributed by atoms with Crippen molar-refractivity contribution < 1.29 is 0 Å². The molecule has 0 saturated heterocycles. The third kappa shape index (κ3) is 3.68. The van der Waals surface area contributed by atoms with Crippen molar-refractivity contribution in [2.24, 2.45) is 0 Å². The fraction of sp³-hybridized carbons (Fsp3) is 0.333. The van der Waals surface area contributed by atoms with Gasteiger partial charge in [-0.15, -0.1) is 0 Å². The van der Waals surface area contributed by atoms with Crippen LogP contribution in [0.1, 0.15) is 40.8 Å². The minimum Gasteiger partial charge on any atom is -0.306 e. The van der Waals surface area contributed by atoms with Crippen LogP contribution < -0.4 is 5.32 Å². The summed E-state index contributed by atoms with van der Waals surface area (Å²) < 4.78 is 1.00. The molecule has 0 heterocycles. The molecule has 1 nitrogen and oxygen atoms in total. The van der Waals surface area contributed by atoms with Crippen molar-refractivity contribution in [1.29, 1.82) is 0 Å². The van der Waals surface area contributed by atoms with Gasteiger partial charge in [0.05, 0.1) is 6.04 Å². The van der Waals surface area contributed by atoms with Crippen LogP contribution in [0.2, 0.25) is 5.02 Å². The molecule has 1 unspecified atom stereocenters. The normalized spacial score (nSPS) is 12.5. The maximum Gasteiger partial charge on any atom is 0.0596 e. The highest BCUT2D eigenvalue weighted by Crippen LogP contribution is 2.34. The highest BCUT2D eigenvalue weighted by molar-refractivity contribution is 9.10. The summed E-state index contributed by atoms with van der Waals surface area (Å²) in [5.74, 6) is 0. The van der Waals surface area contributed by atoms with Crippen molar-refractivity contribution in [2.45, 2.75) is 33.7 Å². The zero-order chi connectivity index (χ0) is 15.6. The Kier molecular flexibility index (Phi) is 5.48. The van der Waals surface area contributed by atoms with Crippen molar-refractivity contribution >= 4 is 27.5 Å². The van der Waals surface area contributed by atoms with Gasteiger partial charge in [0.25, 0.3) is 0 Å². The van der Waals surface area contributed by atoms with E-state index in [0.717, 1.165) is 21.6 Å². The Morgan fingerprint density at radius 2 is 1.71 bits per heavy atom. The molecule has 0 aliphatic rings. The second-order valence-corrected chi connectivity index (χ2v) is 6.79. The smallest absolute Gasteiger partial charge is 0.0596 e. The molecule has 1 N–H and O–H groups in total. The largest absolute Gasteiger partial charge is 0.306 e. The fourth-order valence-electron chi connectivity index (χ4n) is 2.95. The lowest BCUT2D eigenvalue weighted by atomic mass is 9.90. The first kappa shape index (κ1) is 16.5. The van der Waals surface area contributed by atoms with Gasteiger partial charge in [0.2, 0.25) is 0 Å². The lowest BCUT2D eigenvalue weighted by Crippen LogP contribution is -2.24. The van der Waals surface area contributed by atoms with E-state index in [4.69, 9.17) is 11.6 Å². The van der Waals surface area contributed by atoms with E-state index in [1.165, 1.54) is 22.3 Å². The quantitative estimate of drug-likeness (QED) is 0.729. The zero-order valence-corrected chi connectivity index (χ0v) is 15.3. The molecule has 0 aliphatic heterocycles. The summed E-state index contributed by atoms with van der Waals surface area (Å²) >= 11 is 9.95. The zero-order valence-electron chi connectivity index (χ0n) is 12.9. The predicted molar refractivity (Wildman–Crippen MR) is 95.3 cm³/mol. The Bertz CT molecular complexity index is 629. The maximum atomic E-state index is 6.48. The highest BCUT2D eigenvalue weighted by Gasteiger charge is 2.20. The van der Waals surface area contributed by atoms with Crippen LogP contribution in [0.3, 0.4) is 0 Å². The molecule has 2 rings (SSSR count). The first-order chi connectivity index (χ1) is 9.93. The molecule has 0 fully saturated rings. The van der Waals surface area contributed by atoms with Crippen LogP contribution in [-0.2, 0) is 0 Å². The van der Waals surface area contributed by atoms with Crippen molar-refractivity contribution in [3.8, 4) is 0 Å². The van der Waals surface area contributed by atoms with Crippen LogP contribution >= 0.6 is 27.5 Å². The Labute approximate surface area is 140 Å². The summed E-state index contributed by atoms with van der Waals surface area (Å²) in [7, 11) is 0. The Morgan fingerprint density at radius 3 is 2.24 bits per heavy atom. The van der Waals surface area contributed by atoms with E-state index in [9.17, 15) is 0 Å². The van der Waals surface area contributed by atoms with Crippen LogP contribution in [0, 0.1) is 20.8 Å². The molecule has 0 spiro atoms. The van der Waals surface area contributed by atoms with Gasteiger partial charge in [-0.3, -0.25) is 0 Å². The van der Waals surface area contributed by atoms with E-state index in [1.54, 1.807) is 0 Å². The number of benzene rings is 2. The van der Waals surface area contributed by atoms with Gasteiger partial charge >= 0.3 is 0 Å². The second kappa shape index (κ2) is 6.95. The third-order valence-electron chi connectivity index (χ3n) is 3.71. The Hall–Kier alpha value is -0.830. The van der Waals surface area contributed by atoms with Crippen LogP contribution in [0.15, 0.2) is 34.8 Å². The lowest BCUT2D eigenvalue weighted by molar-refractivity contribution is 0.624. The molecule has 0 bridgehead atoms. The molecule has 0 radical (unpaired) electrons. The molecule has 2 aromatic rings. The summed E-state index contributed by atoms with van der Waals surface area (Å²) in [5.41, 5.74) is 6.35. The molecule has 0 aliphatic carbocycles. The molecule has 0 saturated carbocycles. The van der Waals surface area contributed by atoms with Gasteiger partial charge in [0.1, 0.15) is 0 Å². The van der Waals surface area contributed by atoms with Gasteiger partial charge in [0, 0.05) is 9.50 Å². The average molecular weight is 367 g/mol. The fourth-order valence-corrected chi connectivity index (χ4v) is 3.74. The van der Waals surface area contributed by atoms with E-state index < -0.39 is 0 Å². The maximum absolute atomic E-state index is 6.48.